The lowest BCUT2D eigenvalue weighted by atomic mass is 10.2. The Hall–Kier alpha value is -3.00. The fourth-order valence-corrected chi connectivity index (χ4v) is 3.61. The van der Waals surface area contributed by atoms with Crippen molar-refractivity contribution < 1.29 is 9.53 Å². The molecule has 8 heteroatoms. The van der Waals surface area contributed by atoms with Crippen molar-refractivity contribution >= 4 is 29.0 Å². The maximum atomic E-state index is 12.5. The van der Waals surface area contributed by atoms with Crippen molar-refractivity contribution in [2.75, 3.05) is 36.7 Å². The van der Waals surface area contributed by atoms with Gasteiger partial charge < -0.3 is 15.0 Å². The van der Waals surface area contributed by atoms with Crippen LogP contribution in [0.25, 0.3) is 5.69 Å². The molecule has 0 atom stereocenters. The molecule has 0 bridgehead atoms. The molecule has 0 aliphatic rings. The molecule has 29 heavy (non-hydrogen) atoms. The van der Waals surface area contributed by atoms with E-state index < -0.39 is 0 Å². The third-order valence-corrected chi connectivity index (χ3v) is 5.41. The van der Waals surface area contributed by atoms with E-state index in [0.717, 1.165) is 35.2 Å². The SMILES string of the molecule is CCN(C)c1cccc(NC(=O)CSc2nnc(C)n2-c2cccc(OC)c2)c1. The number of benzene rings is 2. The van der Waals surface area contributed by atoms with Crippen LogP contribution in [0, 0.1) is 6.92 Å². The lowest BCUT2D eigenvalue weighted by Crippen LogP contribution is -2.17. The van der Waals surface area contributed by atoms with Crippen LogP contribution in [0.15, 0.2) is 53.7 Å². The molecule has 1 heterocycles. The van der Waals surface area contributed by atoms with Crippen molar-refractivity contribution in [3.63, 3.8) is 0 Å². The van der Waals surface area contributed by atoms with Crippen molar-refractivity contribution in [1.82, 2.24) is 14.8 Å². The van der Waals surface area contributed by atoms with Gasteiger partial charge >= 0.3 is 0 Å². The third-order valence-electron chi connectivity index (χ3n) is 4.48. The van der Waals surface area contributed by atoms with Crippen LogP contribution in [0.5, 0.6) is 5.75 Å². The van der Waals surface area contributed by atoms with Crippen molar-refractivity contribution in [3.05, 3.63) is 54.4 Å². The van der Waals surface area contributed by atoms with E-state index in [1.165, 1.54) is 11.8 Å². The van der Waals surface area contributed by atoms with Gasteiger partial charge in [-0.3, -0.25) is 9.36 Å². The molecular weight excluding hydrogens is 386 g/mol. The summed E-state index contributed by atoms with van der Waals surface area (Å²) in [5.41, 5.74) is 2.73. The van der Waals surface area contributed by atoms with Gasteiger partial charge in [-0.2, -0.15) is 0 Å². The van der Waals surface area contributed by atoms with E-state index in [4.69, 9.17) is 4.74 Å². The number of rotatable bonds is 8. The Morgan fingerprint density at radius 3 is 2.76 bits per heavy atom. The van der Waals surface area contributed by atoms with E-state index in [0.29, 0.717) is 5.16 Å². The predicted molar refractivity (Wildman–Crippen MR) is 117 cm³/mol. The zero-order valence-corrected chi connectivity index (χ0v) is 17.9. The van der Waals surface area contributed by atoms with Gasteiger partial charge in [-0.25, -0.2) is 0 Å². The normalized spacial score (nSPS) is 10.6. The Balaban J connectivity index is 1.68. The van der Waals surface area contributed by atoms with Gasteiger partial charge in [0.2, 0.25) is 5.91 Å². The van der Waals surface area contributed by atoms with Crippen LogP contribution in [0.4, 0.5) is 11.4 Å². The summed E-state index contributed by atoms with van der Waals surface area (Å²) in [6.07, 6.45) is 0. The van der Waals surface area contributed by atoms with Crippen LogP contribution in [0.3, 0.4) is 0 Å². The molecule has 0 aliphatic carbocycles. The van der Waals surface area contributed by atoms with Crippen molar-refractivity contribution in [2.24, 2.45) is 0 Å². The summed E-state index contributed by atoms with van der Waals surface area (Å²) in [6.45, 7) is 4.86. The Bertz CT molecular complexity index is 989. The monoisotopic (exact) mass is 411 g/mol. The van der Waals surface area contributed by atoms with Gasteiger partial charge in [0.15, 0.2) is 5.16 Å². The second-order valence-electron chi connectivity index (χ2n) is 6.47. The van der Waals surface area contributed by atoms with E-state index >= 15 is 0 Å². The van der Waals surface area contributed by atoms with Crippen LogP contribution >= 0.6 is 11.8 Å². The summed E-state index contributed by atoms with van der Waals surface area (Å²) in [7, 11) is 3.65. The molecule has 1 aromatic heterocycles. The van der Waals surface area contributed by atoms with Gasteiger partial charge in [0.1, 0.15) is 11.6 Å². The minimum atomic E-state index is -0.0934. The second-order valence-corrected chi connectivity index (χ2v) is 7.41. The van der Waals surface area contributed by atoms with E-state index in [9.17, 15) is 4.79 Å². The molecule has 0 fully saturated rings. The highest BCUT2D eigenvalue weighted by Gasteiger charge is 2.14. The van der Waals surface area contributed by atoms with E-state index in [1.54, 1.807) is 7.11 Å². The molecule has 0 aliphatic heterocycles. The largest absolute Gasteiger partial charge is 0.497 e. The molecule has 0 spiro atoms. The number of carbonyl (C=O) groups is 1. The first-order valence-corrected chi connectivity index (χ1v) is 10.3. The second kappa shape index (κ2) is 9.47. The van der Waals surface area contributed by atoms with Gasteiger partial charge in [-0.15, -0.1) is 10.2 Å². The maximum absolute atomic E-state index is 12.5. The highest BCUT2D eigenvalue weighted by Crippen LogP contribution is 2.25. The minimum absolute atomic E-state index is 0.0934. The van der Waals surface area contributed by atoms with Crippen LogP contribution in [0.2, 0.25) is 0 Å². The molecule has 0 radical (unpaired) electrons. The van der Waals surface area contributed by atoms with Crippen LogP contribution in [-0.4, -0.2) is 47.1 Å². The Morgan fingerprint density at radius 1 is 1.21 bits per heavy atom. The number of methoxy groups -OCH3 is 1. The van der Waals surface area contributed by atoms with Crippen molar-refractivity contribution in [3.8, 4) is 11.4 Å². The summed E-state index contributed by atoms with van der Waals surface area (Å²) in [5, 5.41) is 12.0. The fraction of sp³-hybridized carbons (Fsp3) is 0.286. The quantitative estimate of drug-likeness (QED) is 0.569. The number of thioether (sulfide) groups is 1. The highest BCUT2D eigenvalue weighted by atomic mass is 32.2. The number of nitrogens with one attached hydrogen (secondary N) is 1. The predicted octanol–water partition coefficient (Wildman–Crippen LogP) is 3.77. The number of anilines is 2. The Morgan fingerprint density at radius 2 is 2.00 bits per heavy atom. The first-order chi connectivity index (χ1) is 14.0. The number of aromatic nitrogens is 3. The summed E-state index contributed by atoms with van der Waals surface area (Å²) < 4.78 is 7.22. The van der Waals surface area contributed by atoms with Gasteiger partial charge in [0.25, 0.3) is 0 Å². The number of nitrogens with zero attached hydrogens (tertiary/aromatic N) is 4. The van der Waals surface area contributed by atoms with Crippen LogP contribution in [-0.2, 0) is 4.79 Å². The van der Waals surface area contributed by atoms with E-state index in [1.807, 2.05) is 67.1 Å². The van der Waals surface area contributed by atoms with Crippen molar-refractivity contribution in [1.29, 1.82) is 0 Å². The van der Waals surface area contributed by atoms with Gasteiger partial charge in [-0.1, -0.05) is 23.9 Å². The van der Waals surface area contributed by atoms with Gasteiger partial charge in [-0.05, 0) is 44.2 Å². The standard InChI is InChI=1S/C21H25N5O2S/c1-5-25(3)17-9-6-8-16(12-17)22-20(27)14-29-21-24-23-15(2)26(21)18-10-7-11-19(13-18)28-4/h6-13H,5,14H2,1-4H3,(H,22,27). The zero-order chi connectivity index (χ0) is 20.8. The maximum Gasteiger partial charge on any atom is 0.234 e. The third kappa shape index (κ3) is 5.08. The molecule has 0 saturated carbocycles. The number of hydrogen-bond acceptors (Lipinski definition) is 6. The summed E-state index contributed by atoms with van der Waals surface area (Å²) in [6, 6.07) is 15.5. The Kier molecular flexibility index (Phi) is 6.77. The highest BCUT2D eigenvalue weighted by molar-refractivity contribution is 7.99. The molecule has 152 valence electrons. The fourth-order valence-electron chi connectivity index (χ4n) is 2.81. The number of hydrogen-bond donors (Lipinski definition) is 1. The summed E-state index contributed by atoms with van der Waals surface area (Å²) >= 11 is 1.34. The molecule has 2 aromatic carbocycles. The lowest BCUT2D eigenvalue weighted by Gasteiger charge is -2.17. The molecular formula is C21H25N5O2S. The van der Waals surface area contributed by atoms with Crippen molar-refractivity contribution in [2.45, 2.75) is 19.0 Å². The average Bonchev–Trinajstić information content (AvgIpc) is 3.12. The lowest BCUT2D eigenvalue weighted by molar-refractivity contribution is -0.113. The van der Waals surface area contributed by atoms with Crippen LogP contribution in [0.1, 0.15) is 12.7 Å². The van der Waals surface area contributed by atoms with E-state index in [2.05, 4.69) is 27.3 Å². The zero-order valence-electron chi connectivity index (χ0n) is 17.0. The first-order valence-electron chi connectivity index (χ1n) is 9.32. The van der Waals surface area contributed by atoms with E-state index in [-0.39, 0.29) is 11.7 Å². The number of amides is 1. The molecule has 3 aromatic rings. The number of carbonyl (C=O) groups excluding carboxylic acids is 1. The molecule has 7 nitrogen and oxygen atoms in total. The number of ether oxygens (including phenoxy) is 1. The van der Waals surface area contributed by atoms with Crippen LogP contribution < -0.4 is 15.0 Å². The average molecular weight is 412 g/mol. The molecule has 0 unspecified atom stereocenters. The topological polar surface area (TPSA) is 72.3 Å². The minimum Gasteiger partial charge on any atom is -0.497 e. The number of aryl methyl sites for hydroxylation is 1. The smallest absolute Gasteiger partial charge is 0.234 e. The first kappa shape index (κ1) is 20.7. The summed E-state index contributed by atoms with van der Waals surface area (Å²) in [5.74, 6) is 1.64. The Labute approximate surface area is 175 Å². The molecule has 0 saturated heterocycles. The molecule has 1 amide bonds. The van der Waals surface area contributed by atoms with Gasteiger partial charge in [0, 0.05) is 31.0 Å². The molecule has 3 rings (SSSR count). The molecule has 1 N–H and O–H groups in total. The van der Waals surface area contributed by atoms with Gasteiger partial charge in [0.05, 0.1) is 18.6 Å². The summed E-state index contributed by atoms with van der Waals surface area (Å²) in [4.78, 5) is 14.6.